The van der Waals surface area contributed by atoms with Gasteiger partial charge in [-0.25, -0.2) is 0 Å². The molecular formula is C13H11Cl2NO2S. The lowest BCUT2D eigenvalue weighted by molar-refractivity contribution is 0.0954. The molecule has 1 heterocycles. The van der Waals surface area contributed by atoms with Crippen LogP contribution in [0.2, 0.25) is 9.36 Å². The summed E-state index contributed by atoms with van der Waals surface area (Å²) in [5.74, 6) is -0.289. The lowest BCUT2D eigenvalue weighted by Crippen LogP contribution is -2.25. The molecule has 100 valence electrons. The zero-order valence-electron chi connectivity index (χ0n) is 9.82. The number of nitrogens with one attached hydrogen (secondary N) is 1. The molecule has 1 aromatic carbocycles. The molecule has 0 aliphatic rings. The van der Waals surface area contributed by atoms with Crippen LogP contribution in [0.4, 0.5) is 0 Å². The Hall–Kier alpha value is -1.23. The van der Waals surface area contributed by atoms with E-state index in [0.29, 0.717) is 18.0 Å². The van der Waals surface area contributed by atoms with E-state index in [9.17, 15) is 9.90 Å². The third-order valence-electron chi connectivity index (χ3n) is 2.48. The average molecular weight is 316 g/mol. The predicted octanol–water partition coefficient (Wildman–Crippen LogP) is 3.73. The molecule has 0 fully saturated rings. The maximum Gasteiger partial charge on any atom is 0.252 e. The largest absolute Gasteiger partial charge is 0.508 e. The molecule has 0 spiro atoms. The Balaban J connectivity index is 1.92. The highest BCUT2D eigenvalue weighted by Gasteiger charge is 2.10. The second kappa shape index (κ2) is 6.28. The van der Waals surface area contributed by atoms with Crippen LogP contribution >= 0.6 is 34.5 Å². The number of hydrogen-bond acceptors (Lipinski definition) is 3. The Morgan fingerprint density at radius 2 is 2.05 bits per heavy atom. The van der Waals surface area contributed by atoms with E-state index in [2.05, 4.69) is 5.32 Å². The molecule has 19 heavy (non-hydrogen) atoms. The molecule has 0 aliphatic carbocycles. The van der Waals surface area contributed by atoms with E-state index in [4.69, 9.17) is 23.2 Å². The molecule has 1 amide bonds. The highest BCUT2D eigenvalue weighted by Crippen LogP contribution is 2.22. The van der Waals surface area contributed by atoms with Crippen LogP contribution in [0.15, 0.2) is 30.3 Å². The smallest absolute Gasteiger partial charge is 0.252 e. The molecule has 0 radical (unpaired) electrons. The fraction of sp³-hybridized carbons (Fsp3) is 0.154. The lowest BCUT2D eigenvalue weighted by Gasteiger charge is -2.06. The maximum absolute atomic E-state index is 11.9. The number of carbonyl (C=O) groups excluding carboxylic acids is 1. The number of rotatable bonds is 4. The summed E-state index contributed by atoms with van der Waals surface area (Å²) in [4.78, 5) is 13.0. The number of phenolic OH excluding ortho intramolecular Hbond substituents is 1. The minimum atomic E-state index is -0.302. The van der Waals surface area contributed by atoms with Crippen molar-refractivity contribution in [3.63, 3.8) is 0 Å². The molecule has 1 aromatic heterocycles. The number of aromatic hydroxyl groups is 1. The first-order valence-electron chi connectivity index (χ1n) is 5.57. The third-order valence-corrected chi connectivity index (χ3v) is 4.10. The van der Waals surface area contributed by atoms with Crippen LogP contribution in [0, 0.1) is 0 Å². The summed E-state index contributed by atoms with van der Waals surface area (Å²) >= 11 is 13.2. The van der Waals surface area contributed by atoms with Crippen LogP contribution in [-0.4, -0.2) is 17.6 Å². The third kappa shape index (κ3) is 3.86. The number of phenols is 1. The molecule has 0 bridgehead atoms. The summed E-state index contributed by atoms with van der Waals surface area (Å²) in [5.41, 5.74) is 0.269. The van der Waals surface area contributed by atoms with Crippen LogP contribution in [0.3, 0.4) is 0 Å². The summed E-state index contributed by atoms with van der Waals surface area (Å²) in [5, 5.41) is 12.4. The van der Waals surface area contributed by atoms with E-state index in [-0.39, 0.29) is 17.2 Å². The predicted molar refractivity (Wildman–Crippen MR) is 78.5 cm³/mol. The van der Waals surface area contributed by atoms with Crippen LogP contribution in [-0.2, 0) is 6.42 Å². The highest BCUT2D eigenvalue weighted by atomic mass is 35.5. The zero-order chi connectivity index (χ0) is 13.8. The van der Waals surface area contributed by atoms with Gasteiger partial charge >= 0.3 is 0 Å². The molecule has 6 heteroatoms. The van der Waals surface area contributed by atoms with Gasteiger partial charge in [0.15, 0.2) is 0 Å². The van der Waals surface area contributed by atoms with E-state index < -0.39 is 0 Å². The van der Waals surface area contributed by atoms with Crippen molar-refractivity contribution in [2.24, 2.45) is 0 Å². The lowest BCUT2D eigenvalue weighted by atomic mass is 10.2. The molecular weight excluding hydrogens is 305 g/mol. The van der Waals surface area contributed by atoms with Crippen molar-refractivity contribution in [3.8, 4) is 5.75 Å². The van der Waals surface area contributed by atoms with Gasteiger partial charge in [0.25, 0.3) is 5.91 Å². The summed E-state index contributed by atoms with van der Waals surface area (Å²) < 4.78 is 0.734. The van der Waals surface area contributed by atoms with E-state index in [1.165, 1.54) is 29.5 Å². The SMILES string of the molecule is O=C(NCCc1ccc(Cl)s1)c1cc(O)ccc1Cl. The second-order valence-electron chi connectivity index (χ2n) is 3.88. The van der Waals surface area contributed by atoms with Crippen molar-refractivity contribution in [1.82, 2.24) is 5.32 Å². The van der Waals surface area contributed by atoms with Crippen LogP contribution in [0.25, 0.3) is 0 Å². The van der Waals surface area contributed by atoms with Gasteiger partial charge in [0, 0.05) is 11.4 Å². The van der Waals surface area contributed by atoms with E-state index in [0.717, 1.165) is 9.21 Å². The molecule has 0 atom stereocenters. The van der Waals surface area contributed by atoms with Crippen molar-refractivity contribution < 1.29 is 9.90 Å². The Morgan fingerprint density at radius 3 is 2.74 bits per heavy atom. The summed E-state index contributed by atoms with van der Waals surface area (Å²) in [6.07, 6.45) is 0.708. The normalized spacial score (nSPS) is 10.4. The number of thiophene rings is 1. The minimum absolute atomic E-state index is 0.0135. The monoisotopic (exact) mass is 315 g/mol. The number of amides is 1. The van der Waals surface area contributed by atoms with Crippen molar-refractivity contribution in [2.75, 3.05) is 6.54 Å². The summed E-state index contributed by atoms with van der Waals surface area (Å²) in [6.45, 7) is 0.488. The first-order valence-corrected chi connectivity index (χ1v) is 7.14. The van der Waals surface area contributed by atoms with E-state index >= 15 is 0 Å². The van der Waals surface area contributed by atoms with Crippen LogP contribution in [0.5, 0.6) is 5.75 Å². The van der Waals surface area contributed by atoms with Gasteiger partial charge in [-0.05, 0) is 36.8 Å². The fourth-order valence-corrected chi connectivity index (χ4v) is 2.86. The van der Waals surface area contributed by atoms with Gasteiger partial charge in [0.05, 0.1) is 14.9 Å². The van der Waals surface area contributed by atoms with Crippen molar-refractivity contribution >= 4 is 40.4 Å². The number of carbonyl (C=O) groups is 1. The molecule has 2 aromatic rings. The maximum atomic E-state index is 11.9. The van der Waals surface area contributed by atoms with Gasteiger partial charge in [0.2, 0.25) is 0 Å². The number of halogens is 2. The highest BCUT2D eigenvalue weighted by molar-refractivity contribution is 7.16. The molecule has 2 rings (SSSR count). The number of benzene rings is 1. The van der Waals surface area contributed by atoms with Gasteiger partial charge in [-0.3, -0.25) is 4.79 Å². The first kappa shape index (κ1) is 14.2. The molecule has 2 N–H and O–H groups in total. The Kier molecular flexibility index (Phi) is 4.69. The van der Waals surface area contributed by atoms with E-state index in [1.807, 2.05) is 12.1 Å². The standard InChI is InChI=1S/C13H11Cl2NO2S/c14-11-3-1-8(17)7-10(11)13(18)16-6-5-9-2-4-12(15)19-9/h1-4,7,17H,5-6H2,(H,16,18). The molecule has 0 saturated heterocycles. The molecule has 0 aliphatic heterocycles. The van der Waals surface area contributed by atoms with E-state index in [1.54, 1.807) is 0 Å². The molecule has 0 unspecified atom stereocenters. The van der Waals surface area contributed by atoms with Gasteiger partial charge < -0.3 is 10.4 Å². The number of hydrogen-bond donors (Lipinski definition) is 2. The zero-order valence-corrected chi connectivity index (χ0v) is 12.1. The summed E-state index contributed by atoms with van der Waals surface area (Å²) in [7, 11) is 0. The Bertz CT molecular complexity index is 598. The van der Waals surface area contributed by atoms with Crippen molar-refractivity contribution in [3.05, 3.63) is 50.1 Å². The van der Waals surface area contributed by atoms with Gasteiger partial charge in [-0.15, -0.1) is 11.3 Å². The summed E-state index contributed by atoms with van der Waals surface area (Å²) in [6, 6.07) is 8.03. The second-order valence-corrected chi connectivity index (χ2v) is 6.08. The Morgan fingerprint density at radius 1 is 1.26 bits per heavy atom. The molecule has 0 saturated carbocycles. The van der Waals surface area contributed by atoms with Gasteiger partial charge in [-0.2, -0.15) is 0 Å². The van der Waals surface area contributed by atoms with Gasteiger partial charge in [0.1, 0.15) is 5.75 Å². The minimum Gasteiger partial charge on any atom is -0.508 e. The fourth-order valence-electron chi connectivity index (χ4n) is 1.57. The molecule has 3 nitrogen and oxygen atoms in total. The first-order chi connectivity index (χ1) is 9.06. The Labute approximate surface area is 124 Å². The average Bonchev–Trinajstić information content (AvgIpc) is 2.78. The van der Waals surface area contributed by atoms with Crippen LogP contribution < -0.4 is 5.32 Å². The van der Waals surface area contributed by atoms with Crippen LogP contribution in [0.1, 0.15) is 15.2 Å². The quantitative estimate of drug-likeness (QED) is 0.903. The van der Waals surface area contributed by atoms with Gasteiger partial charge in [-0.1, -0.05) is 23.2 Å². The topological polar surface area (TPSA) is 49.3 Å². The van der Waals surface area contributed by atoms with Crippen molar-refractivity contribution in [2.45, 2.75) is 6.42 Å². The van der Waals surface area contributed by atoms with Crippen molar-refractivity contribution in [1.29, 1.82) is 0 Å².